The van der Waals surface area contributed by atoms with Crippen molar-refractivity contribution >= 4 is 39.2 Å². The van der Waals surface area contributed by atoms with E-state index in [1.165, 1.54) is 128 Å². The molecule has 2 rings (SSSR count). The van der Waals surface area contributed by atoms with Crippen LogP contribution in [0.3, 0.4) is 0 Å². The van der Waals surface area contributed by atoms with Crippen LogP contribution in [0.4, 0.5) is 5.82 Å². The highest BCUT2D eigenvalue weighted by Crippen LogP contribution is 2.60. The van der Waals surface area contributed by atoms with Gasteiger partial charge >= 0.3 is 33.3 Å². The number of phosphoric acid groups is 2. The van der Waals surface area contributed by atoms with Gasteiger partial charge in [-0.15, -0.1) is 0 Å². The van der Waals surface area contributed by atoms with Crippen LogP contribution in [-0.2, 0) is 51.1 Å². The number of unbranched alkanes of at least 4 members (excludes halogenated alkanes) is 20. The van der Waals surface area contributed by atoms with E-state index in [9.17, 15) is 48.3 Å². The molecule has 0 radical (unpaired) electrons. The van der Waals surface area contributed by atoms with E-state index in [0.29, 0.717) is 6.42 Å². The first-order chi connectivity index (χ1) is 37.5. The van der Waals surface area contributed by atoms with Crippen LogP contribution < -0.4 is 11.4 Å². The minimum atomic E-state index is -5.48. The summed E-state index contributed by atoms with van der Waals surface area (Å²) in [6.45, 7) is 4.30. The zero-order valence-corrected chi connectivity index (χ0v) is 48.9. The number of aliphatic hydroxyl groups is 2. The van der Waals surface area contributed by atoms with Crippen LogP contribution in [0.5, 0.6) is 0 Å². The fraction of sp³-hybridized carbons (Fsp3) is 0.737. The number of carbonyl (C=O) groups is 3. The molecule has 1 aliphatic heterocycles. The van der Waals surface area contributed by atoms with Gasteiger partial charge in [-0.1, -0.05) is 198 Å². The monoisotopic (exact) mass is 1140 g/mol. The van der Waals surface area contributed by atoms with Gasteiger partial charge in [0.2, 0.25) is 0 Å². The van der Waals surface area contributed by atoms with Crippen molar-refractivity contribution in [1.29, 1.82) is 0 Å². The third-order valence-corrected chi connectivity index (χ3v) is 16.0. The molecule has 1 aromatic heterocycles. The number of hydrogen-bond donors (Lipinski definition) is 5. The first-order valence-corrected chi connectivity index (χ1v) is 32.0. The minimum absolute atomic E-state index is 0.00227. The lowest BCUT2D eigenvalue weighted by molar-refractivity contribution is -0.161. The van der Waals surface area contributed by atoms with Gasteiger partial charge < -0.3 is 39.9 Å². The van der Waals surface area contributed by atoms with Crippen LogP contribution in [0.25, 0.3) is 0 Å². The molecule has 0 amide bonds. The first kappa shape index (κ1) is 70.5. The van der Waals surface area contributed by atoms with E-state index in [-0.39, 0.29) is 37.3 Å². The molecule has 0 aliphatic carbocycles. The summed E-state index contributed by atoms with van der Waals surface area (Å²) in [5.74, 6) is -0.888. The van der Waals surface area contributed by atoms with E-state index in [1.54, 1.807) is 12.2 Å². The van der Waals surface area contributed by atoms with Crippen molar-refractivity contribution in [2.24, 2.45) is 5.92 Å². The molecule has 0 spiro atoms. The molecule has 19 nitrogen and oxygen atoms in total. The maximum Gasteiger partial charge on any atom is 0.481 e. The third-order valence-electron chi connectivity index (χ3n) is 13.4. The second kappa shape index (κ2) is 43.2. The predicted molar refractivity (Wildman–Crippen MR) is 303 cm³/mol. The fourth-order valence-corrected chi connectivity index (χ4v) is 10.6. The number of phosphoric ester groups is 2. The summed E-state index contributed by atoms with van der Waals surface area (Å²) in [5.41, 5.74) is 4.58. The smallest absolute Gasteiger partial charge is 0.462 e. The maximum absolute atomic E-state index is 12.9. The predicted octanol–water partition coefficient (Wildman–Crippen LogP) is 12.3. The number of aliphatic hydroxyl groups excluding tert-OH is 2. The number of nitrogen functional groups attached to an aromatic ring is 1. The number of nitrogens with two attached hydrogens (primary N) is 1. The summed E-state index contributed by atoms with van der Waals surface area (Å²) in [7, 11) is -10.9. The van der Waals surface area contributed by atoms with Gasteiger partial charge in [-0.3, -0.25) is 28.0 Å². The van der Waals surface area contributed by atoms with Crippen LogP contribution >= 0.6 is 15.6 Å². The SMILES string of the molecule is CCCCC/C=C\C/C=C\C/C=C\C=C\C(=O)CCCC(=O)OC[C@H](COP(=O)(O)OP(=O)(O)OC[C@H]1O[C@@H](n2ccc(N)nc2=O)[C@H](O)[C@@H]1O)OC(=O)CCCCCCCCCCCCCCCCCCCCC(C)CC. The number of anilines is 1. The van der Waals surface area contributed by atoms with Gasteiger partial charge in [0, 0.05) is 25.5 Å². The van der Waals surface area contributed by atoms with Crippen LogP contribution in [0.1, 0.15) is 220 Å². The second-order valence-electron chi connectivity index (χ2n) is 20.4. The van der Waals surface area contributed by atoms with Crippen molar-refractivity contribution in [1.82, 2.24) is 9.55 Å². The average molecular weight is 1140 g/mol. The number of rotatable bonds is 48. The molecular weight excluding hydrogens is 1040 g/mol. The first-order valence-electron chi connectivity index (χ1n) is 29.0. The van der Waals surface area contributed by atoms with E-state index in [1.807, 2.05) is 6.08 Å². The van der Waals surface area contributed by atoms with Crippen LogP contribution in [0.15, 0.2) is 65.7 Å². The van der Waals surface area contributed by atoms with Gasteiger partial charge in [0.1, 0.15) is 30.7 Å². The van der Waals surface area contributed by atoms with Gasteiger partial charge in [-0.2, -0.15) is 9.29 Å². The van der Waals surface area contributed by atoms with Gasteiger partial charge in [-0.25, -0.2) is 13.9 Å². The van der Waals surface area contributed by atoms with Crippen molar-refractivity contribution in [3.8, 4) is 0 Å². The molecule has 0 saturated carbocycles. The van der Waals surface area contributed by atoms with Crippen molar-refractivity contribution in [2.75, 3.05) is 25.6 Å². The summed E-state index contributed by atoms with van der Waals surface area (Å²) in [6, 6.07) is 1.24. The highest BCUT2D eigenvalue weighted by Gasteiger charge is 2.46. The van der Waals surface area contributed by atoms with E-state index >= 15 is 0 Å². The molecule has 1 aromatic rings. The summed E-state index contributed by atoms with van der Waals surface area (Å²) in [4.78, 5) is 74.5. The Labute approximate surface area is 465 Å². The normalized spacial score (nSPS) is 19.2. The molecule has 21 heteroatoms. The lowest BCUT2D eigenvalue weighted by atomic mass is 9.99. The molecule has 8 atom stereocenters. The molecule has 1 aliphatic rings. The molecule has 0 aromatic carbocycles. The Bertz CT molecular complexity index is 2080. The molecule has 0 bridgehead atoms. The van der Waals surface area contributed by atoms with Gasteiger partial charge in [0.25, 0.3) is 0 Å². The Morgan fingerprint density at radius 2 is 1.27 bits per heavy atom. The molecule has 1 saturated heterocycles. The average Bonchev–Trinajstić information content (AvgIpc) is 3.68. The number of nitrogens with zero attached hydrogens (tertiary/aromatic N) is 2. The summed E-state index contributed by atoms with van der Waals surface area (Å²) in [6.07, 6.45) is 39.0. The third kappa shape index (κ3) is 35.2. The zero-order chi connectivity index (χ0) is 57.3. The van der Waals surface area contributed by atoms with Crippen molar-refractivity contribution in [3.63, 3.8) is 0 Å². The molecule has 6 N–H and O–H groups in total. The topological polar surface area (TPSA) is 283 Å². The summed E-state index contributed by atoms with van der Waals surface area (Å²) in [5, 5.41) is 21.0. The molecular formula is C57H97N3O16P2. The molecule has 2 heterocycles. The zero-order valence-electron chi connectivity index (χ0n) is 47.1. The lowest BCUT2D eigenvalue weighted by Crippen LogP contribution is -2.36. The largest absolute Gasteiger partial charge is 0.481 e. The highest BCUT2D eigenvalue weighted by atomic mass is 31.3. The molecule has 3 unspecified atom stereocenters. The standard InChI is InChI=1S/C57H97N3O16P2/c1-4-6-7-8-9-10-11-18-22-25-28-31-34-38-48(61)39-36-41-52(62)71-44-49(74-53(63)40-35-32-29-26-23-20-17-15-13-12-14-16-19-21-24-27-30-33-37-47(3)5-2)45-72-77(67,68)76-78(69,70)73-46-50-54(64)55(65)56(75-50)60-43-42-51(58)59-57(60)66/h9-10,18,22,28,31,34,38,42-43,47,49-50,54-56,64-65H,4-8,11-17,19-21,23-27,29-30,32-33,35-37,39-41,44-46H2,1-3H3,(H,67,68)(H,69,70)(H2,58,59,66)/b10-9-,22-18-,31-28-,38-34+/t47?,49-,50-,54-,55-,56-/m1/s1. The van der Waals surface area contributed by atoms with E-state index in [0.717, 1.165) is 61.6 Å². The van der Waals surface area contributed by atoms with Gasteiger partial charge in [0.05, 0.1) is 13.2 Å². The molecule has 78 heavy (non-hydrogen) atoms. The van der Waals surface area contributed by atoms with Crippen LogP contribution in [0.2, 0.25) is 0 Å². The van der Waals surface area contributed by atoms with Crippen LogP contribution in [0, 0.1) is 5.92 Å². The number of allylic oxidation sites excluding steroid dienone is 8. The van der Waals surface area contributed by atoms with Crippen LogP contribution in [-0.4, -0.2) is 91.5 Å². The lowest BCUT2D eigenvalue weighted by Gasteiger charge is -2.21. The van der Waals surface area contributed by atoms with Crippen molar-refractivity contribution in [2.45, 2.75) is 244 Å². The number of ketones is 1. The highest BCUT2D eigenvalue weighted by molar-refractivity contribution is 7.61. The molecule has 1 fully saturated rings. The Kier molecular flexibility index (Phi) is 39.0. The number of aromatic nitrogens is 2. The summed E-state index contributed by atoms with van der Waals surface area (Å²) >= 11 is 0. The van der Waals surface area contributed by atoms with E-state index < -0.39 is 83.7 Å². The second-order valence-corrected chi connectivity index (χ2v) is 23.5. The Hall–Kier alpha value is -3.61. The Morgan fingerprint density at radius 3 is 1.87 bits per heavy atom. The van der Waals surface area contributed by atoms with E-state index in [2.05, 4.69) is 54.4 Å². The quantitative estimate of drug-likeness (QED) is 0.0101. The Morgan fingerprint density at radius 1 is 0.705 bits per heavy atom. The minimum Gasteiger partial charge on any atom is -0.462 e. The Balaban J connectivity index is 1.79. The molecule has 446 valence electrons. The van der Waals surface area contributed by atoms with Gasteiger partial charge in [-0.05, 0) is 56.6 Å². The van der Waals surface area contributed by atoms with Crippen molar-refractivity contribution < 1.29 is 71.1 Å². The van der Waals surface area contributed by atoms with E-state index in [4.69, 9.17) is 29.0 Å². The maximum atomic E-state index is 12.9. The summed E-state index contributed by atoms with van der Waals surface area (Å²) < 4.78 is 56.8. The van der Waals surface area contributed by atoms with Gasteiger partial charge in [0.15, 0.2) is 18.1 Å². The number of ether oxygens (including phenoxy) is 3. The number of esters is 2. The fourth-order valence-electron chi connectivity index (χ4n) is 8.54. The number of carbonyl (C=O) groups excluding carboxylic acids is 3. The van der Waals surface area contributed by atoms with Crippen molar-refractivity contribution in [3.05, 3.63) is 71.4 Å². The number of hydrogen-bond acceptors (Lipinski definition) is 16.